The second-order valence-corrected chi connectivity index (χ2v) is 7.14. The highest BCUT2D eigenvalue weighted by Gasteiger charge is 2.32. The fourth-order valence-corrected chi connectivity index (χ4v) is 3.32. The molecule has 0 spiro atoms. The second kappa shape index (κ2) is 6.38. The van der Waals surface area contributed by atoms with Gasteiger partial charge in [-0.1, -0.05) is 41.9 Å². The summed E-state index contributed by atoms with van der Waals surface area (Å²) in [5.41, 5.74) is 0.697. The predicted molar refractivity (Wildman–Crippen MR) is 83.3 cm³/mol. The van der Waals surface area contributed by atoms with E-state index in [1.54, 1.807) is 0 Å². The van der Waals surface area contributed by atoms with Gasteiger partial charge in [0.15, 0.2) is 0 Å². The van der Waals surface area contributed by atoms with Crippen molar-refractivity contribution in [2.75, 3.05) is 19.6 Å². The van der Waals surface area contributed by atoms with Gasteiger partial charge in [0, 0.05) is 30.5 Å². The van der Waals surface area contributed by atoms with Crippen molar-refractivity contribution in [2.24, 2.45) is 5.92 Å². The van der Waals surface area contributed by atoms with Crippen molar-refractivity contribution < 1.29 is 5.11 Å². The fourth-order valence-electron chi connectivity index (χ4n) is 2.87. The highest BCUT2D eigenvalue weighted by atomic mass is 79.9. The highest BCUT2D eigenvalue weighted by molar-refractivity contribution is 9.10. The highest BCUT2D eigenvalue weighted by Crippen LogP contribution is 2.27. The molecule has 0 atom stereocenters. The lowest BCUT2D eigenvalue weighted by Gasteiger charge is -2.39. The smallest absolute Gasteiger partial charge is 0.0712 e. The van der Waals surface area contributed by atoms with Gasteiger partial charge in [-0.3, -0.25) is 0 Å². The lowest BCUT2D eigenvalue weighted by atomic mass is 9.85. The first-order chi connectivity index (χ1) is 8.97. The molecule has 1 aliphatic heterocycles. The molecule has 2 nitrogen and oxygen atoms in total. The van der Waals surface area contributed by atoms with E-state index in [-0.39, 0.29) is 0 Å². The monoisotopic (exact) mass is 325 g/mol. The van der Waals surface area contributed by atoms with E-state index in [1.165, 1.54) is 5.56 Å². The Bertz CT molecular complexity index is 411. The number of aliphatic hydroxyl groups is 1. The van der Waals surface area contributed by atoms with Gasteiger partial charge in [0.05, 0.1) is 5.60 Å². The number of hydrogen-bond acceptors (Lipinski definition) is 2. The molecule has 0 aliphatic carbocycles. The molecule has 0 amide bonds. The number of hydrogen-bond donors (Lipinski definition) is 1. The van der Waals surface area contributed by atoms with Gasteiger partial charge in [-0.05, 0) is 36.5 Å². The zero-order chi connectivity index (χ0) is 13.9. The van der Waals surface area contributed by atoms with E-state index < -0.39 is 5.60 Å². The van der Waals surface area contributed by atoms with E-state index in [4.69, 9.17) is 0 Å². The molecule has 0 bridgehead atoms. The maximum atomic E-state index is 10.7. The summed E-state index contributed by atoms with van der Waals surface area (Å²) in [6, 6.07) is 8.27. The molecular formula is C16H24BrNO. The van der Waals surface area contributed by atoms with Gasteiger partial charge >= 0.3 is 0 Å². The van der Waals surface area contributed by atoms with Gasteiger partial charge in [0.2, 0.25) is 0 Å². The molecule has 19 heavy (non-hydrogen) atoms. The zero-order valence-electron chi connectivity index (χ0n) is 11.9. The van der Waals surface area contributed by atoms with Crippen LogP contribution in [0.25, 0.3) is 0 Å². The van der Waals surface area contributed by atoms with E-state index in [0.29, 0.717) is 5.92 Å². The van der Waals surface area contributed by atoms with Crippen LogP contribution < -0.4 is 0 Å². The molecule has 0 radical (unpaired) electrons. The minimum absolute atomic E-state index is 0.520. The average molecular weight is 326 g/mol. The Morgan fingerprint density at radius 1 is 1.32 bits per heavy atom. The molecule has 0 saturated carbocycles. The third kappa shape index (κ3) is 4.59. The first-order valence-electron chi connectivity index (χ1n) is 7.16. The zero-order valence-corrected chi connectivity index (χ0v) is 13.5. The first-order valence-corrected chi connectivity index (χ1v) is 7.95. The van der Waals surface area contributed by atoms with Crippen LogP contribution in [0.5, 0.6) is 0 Å². The Morgan fingerprint density at radius 2 is 2.00 bits per heavy atom. The Balaban J connectivity index is 1.91. The Morgan fingerprint density at radius 3 is 2.58 bits per heavy atom. The number of benzene rings is 1. The maximum Gasteiger partial charge on any atom is 0.0712 e. The minimum atomic E-state index is -0.520. The first kappa shape index (κ1) is 15.0. The summed E-state index contributed by atoms with van der Waals surface area (Å²) in [4.78, 5) is 2.47. The molecule has 1 saturated heterocycles. The number of halogens is 1. The molecule has 1 N–H and O–H groups in total. The average Bonchev–Trinajstić information content (AvgIpc) is 2.32. The van der Waals surface area contributed by atoms with E-state index in [0.717, 1.165) is 43.4 Å². The van der Waals surface area contributed by atoms with Crippen molar-refractivity contribution in [1.29, 1.82) is 0 Å². The largest absolute Gasteiger partial charge is 0.389 e. The molecule has 3 heteroatoms. The molecule has 106 valence electrons. The second-order valence-electron chi connectivity index (χ2n) is 6.23. The molecular weight excluding hydrogens is 302 g/mol. The van der Waals surface area contributed by atoms with Crippen LogP contribution in [0.2, 0.25) is 0 Å². The van der Waals surface area contributed by atoms with E-state index in [2.05, 4.69) is 46.8 Å². The summed E-state index contributed by atoms with van der Waals surface area (Å²) < 4.78 is 1.09. The minimum Gasteiger partial charge on any atom is -0.389 e. The maximum absolute atomic E-state index is 10.7. The summed E-state index contributed by atoms with van der Waals surface area (Å²) >= 11 is 3.49. The van der Waals surface area contributed by atoms with E-state index in [9.17, 15) is 5.11 Å². The van der Waals surface area contributed by atoms with Crippen LogP contribution in [0.1, 0.15) is 32.3 Å². The molecule has 1 aromatic carbocycles. The van der Waals surface area contributed by atoms with Gasteiger partial charge in [-0.2, -0.15) is 0 Å². The van der Waals surface area contributed by atoms with Crippen molar-refractivity contribution in [3.63, 3.8) is 0 Å². The summed E-state index contributed by atoms with van der Waals surface area (Å²) in [6.45, 7) is 7.68. The Kier molecular flexibility index (Phi) is 5.04. The number of nitrogens with zero attached hydrogens (tertiary/aromatic N) is 1. The quantitative estimate of drug-likeness (QED) is 0.916. The van der Waals surface area contributed by atoms with Gasteiger partial charge < -0.3 is 10.0 Å². The van der Waals surface area contributed by atoms with Crippen LogP contribution in [0.15, 0.2) is 28.7 Å². The van der Waals surface area contributed by atoms with Crippen molar-refractivity contribution in [1.82, 2.24) is 4.90 Å². The molecule has 0 unspecified atom stereocenters. The van der Waals surface area contributed by atoms with Crippen LogP contribution in [-0.2, 0) is 6.42 Å². The summed E-state index contributed by atoms with van der Waals surface area (Å²) in [5.74, 6) is 0.705. The molecule has 0 aromatic heterocycles. The molecule has 1 aliphatic rings. The molecule has 1 fully saturated rings. The van der Waals surface area contributed by atoms with Crippen LogP contribution in [-0.4, -0.2) is 35.2 Å². The van der Waals surface area contributed by atoms with Crippen LogP contribution in [0, 0.1) is 5.92 Å². The van der Waals surface area contributed by atoms with Gasteiger partial charge in [0.25, 0.3) is 0 Å². The van der Waals surface area contributed by atoms with Gasteiger partial charge in [0.1, 0.15) is 0 Å². The topological polar surface area (TPSA) is 23.5 Å². The van der Waals surface area contributed by atoms with Crippen LogP contribution in [0.3, 0.4) is 0 Å². The summed E-state index contributed by atoms with van der Waals surface area (Å²) in [7, 11) is 0. The van der Waals surface area contributed by atoms with Crippen molar-refractivity contribution in [3.8, 4) is 0 Å². The summed E-state index contributed by atoms with van der Waals surface area (Å²) in [6.07, 6.45) is 2.53. The molecule has 1 heterocycles. The predicted octanol–water partition coefficient (Wildman–Crippen LogP) is 3.47. The third-order valence-electron chi connectivity index (χ3n) is 3.83. The van der Waals surface area contributed by atoms with Crippen LogP contribution >= 0.6 is 15.9 Å². The van der Waals surface area contributed by atoms with Crippen molar-refractivity contribution in [2.45, 2.75) is 38.7 Å². The van der Waals surface area contributed by atoms with E-state index >= 15 is 0 Å². The van der Waals surface area contributed by atoms with E-state index in [1.807, 2.05) is 12.1 Å². The molecule has 1 aromatic rings. The number of piperidine rings is 1. The Hall–Kier alpha value is -0.380. The number of likely N-dealkylation sites (tertiary alicyclic amines) is 1. The Labute approximate surface area is 124 Å². The van der Waals surface area contributed by atoms with Crippen LogP contribution in [0.4, 0.5) is 0 Å². The lowest BCUT2D eigenvalue weighted by molar-refractivity contribution is -0.0227. The van der Waals surface area contributed by atoms with Crippen molar-refractivity contribution >= 4 is 15.9 Å². The van der Waals surface area contributed by atoms with Gasteiger partial charge in [-0.25, -0.2) is 0 Å². The third-order valence-corrected chi connectivity index (χ3v) is 4.33. The number of rotatable bonds is 4. The SMILES string of the molecule is CC(C)CN1CCC(O)(Cc2cccc(Br)c2)CC1. The molecule has 2 rings (SSSR count). The summed E-state index contributed by atoms with van der Waals surface area (Å²) in [5, 5.41) is 10.7. The standard InChI is InChI=1S/C16H24BrNO/c1-13(2)12-18-8-6-16(19,7-9-18)11-14-4-3-5-15(17)10-14/h3-5,10,13,19H,6-9,11-12H2,1-2H3. The normalized spacial score (nSPS) is 19.8. The van der Waals surface area contributed by atoms with Gasteiger partial charge in [-0.15, -0.1) is 0 Å². The fraction of sp³-hybridized carbons (Fsp3) is 0.625. The lowest BCUT2D eigenvalue weighted by Crippen LogP contribution is -2.46. The van der Waals surface area contributed by atoms with Crippen molar-refractivity contribution in [3.05, 3.63) is 34.3 Å².